The number of carbonyl (C=O) groups excluding carboxylic acids is 1. The van der Waals surface area contributed by atoms with Crippen molar-refractivity contribution in [3.8, 4) is 0 Å². The minimum absolute atomic E-state index is 0.0194. The van der Waals surface area contributed by atoms with Crippen molar-refractivity contribution in [1.29, 1.82) is 0 Å². The van der Waals surface area contributed by atoms with Crippen LogP contribution in [-0.4, -0.2) is 17.8 Å². The monoisotopic (exact) mass is 194 g/mol. The molecule has 4 heteroatoms. The highest BCUT2D eigenvalue weighted by molar-refractivity contribution is 7.12. The van der Waals surface area contributed by atoms with Crippen LogP contribution in [0.5, 0.6) is 0 Å². The summed E-state index contributed by atoms with van der Waals surface area (Å²) < 4.78 is 0. The lowest BCUT2D eigenvalue weighted by atomic mass is 10.2. The topological polar surface area (TPSA) is 41.5 Å². The fourth-order valence-corrected chi connectivity index (χ4v) is 1.94. The van der Waals surface area contributed by atoms with E-state index in [9.17, 15) is 4.79 Å². The standard InChI is InChI=1S/C9H10N2OS/c1-2-6-9(12)11-8(10-6)7-4-3-5-13-7/h3-6H,2H2,1H3,(H,10,11,12). The Morgan fingerprint density at radius 2 is 2.54 bits per heavy atom. The number of amidine groups is 1. The molecule has 68 valence electrons. The number of amides is 1. The molecule has 3 nitrogen and oxygen atoms in total. The van der Waals surface area contributed by atoms with Gasteiger partial charge in [-0.25, -0.2) is 0 Å². The lowest BCUT2D eigenvalue weighted by molar-refractivity contribution is -0.120. The molecule has 1 N–H and O–H groups in total. The Morgan fingerprint density at radius 1 is 1.69 bits per heavy atom. The summed E-state index contributed by atoms with van der Waals surface area (Å²) in [5.41, 5.74) is 0. The van der Waals surface area contributed by atoms with E-state index >= 15 is 0 Å². The average molecular weight is 194 g/mol. The Bertz CT molecular complexity index is 343. The summed E-state index contributed by atoms with van der Waals surface area (Å²) in [5, 5.41) is 4.75. The van der Waals surface area contributed by atoms with Crippen LogP contribution in [-0.2, 0) is 4.79 Å². The second-order valence-electron chi connectivity index (χ2n) is 2.87. The molecule has 1 amide bonds. The molecule has 0 aliphatic carbocycles. The first kappa shape index (κ1) is 8.44. The van der Waals surface area contributed by atoms with Crippen LogP contribution in [0.15, 0.2) is 22.5 Å². The molecule has 1 aromatic rings. The van der Waals surface area contributed by atoms with Crippen molar-refractivity contribution in [2.24, 2.45) is 4.99 Å². The number of hydrogen-bond acceptors (Lipinski definition) is 3. The average Bonchev–Trinajstić information content (AvgIpc) is 2.71. The van der Waals surface area contributed by atoms with Crippen LogP contribution < -0.4 is 5.32 Å². The van der Waals surface area contributed by atoms with E-state index in [1.807, 2.05) is 24.4 Å². The van der Waals surface area contributed by atoms with Gasteiger partial charge in [-0.2, -0.15) is 0 Å². The second-order valence-corrected chi connectivity index (χ2v) is 3.82. The highest BCUT2D eigenvalue weighted by Crippen LogP contribution is 2.14. The van der Waals surface area contributed by atoms with E-state index < -0.39 is 0 Å². The summed E-state index contributed by atoms with van der Waals surface area (Å²) in [4.78, 5) is 16.6. The molecule has 0 aromatic carbocycles. The number of thiophene rings is 1. The van der Waals surface area contributed by atoms with Crippen molar-refractivity contribution >= 4 is 23.1 Å². The van der Waals surface area contributed by atoms with Gasteiger partial charge in [-0.1, -0.05) is 13.0 Å². The number of rotatable bonds is 2. The van der Waals surface area contributed by atoms with E-state index in [1.54, 1.807) is 11.3 Å². The minimum Gasteiger partial charge on any atom is -0.308 e. The third kappa shape index (κ3) is 1.49. The fourth-order valence-electron chi connectivity index (χ4n) is 1.26. The molecule has 1 aliphatic rings. The van der Waals surface area contributed by atoms with Gasteiger partial charge in [-0.15, -0.1) is 11.3 Å². The maximum atomic E-state index is 11.3. The molecular weight excluding hydrogens is 184 g/mol. The summed E-state index contributed by atoms with van der Waals surface area (Å²) in [5.74, 6) is 0.748. The van der Waals surface area contributed by atoms with Crippen LogP contribution in [0.2, 0.25) is 0 Å². The van der Waals surface area contributed by atoms with E-state index in [1.165, 1.54) is 0 Å². The SMILES string of the molecule is CCC1N=C(c2cccs2)NC1=O. The Labute approximate surface area is 80.5 Å². The summed E-state index contributed by atoms with van der Waals surface area (Å²) in [6.07, 6.45) is 0.765. The largest absolute Gasteiger partial charge is 0.308 e. The van der Waals surface area contributed by atoms with Crippen molar-refractivity contribution in [1.82, 2.24) is 5.32 Å². The third-order valence-electron chi connectivity index (χ3n) is 1.97. The Morgan fingerprint density at radius 3 is 3.08 bits per heavy atom. The summed E-state index contributed by atoms with van der Waals surface area (Å²) in [6, 6.07) is 3.73. The molecule has 1 atom stereocenters. The van der Waals surface area contributed by atoms with Gasteiger partial charge in [0.1, 0.15) is 11.9 Å². The van der Waals surface area contributed by atoms with E-state index in [0.29, 0.717) is 0 Å². The molecule has 0 radical (unpaired) electrons. The van der Waals surface area contributed by atoms with Crippen molar-refractivity contribution in [2.45, 2.75) is 19.4 Å². The maximum Gasteiger partial charge on any atom is 0.250 e. The van der Waals surface area contributed by atoms with E-state index in [-0.39, 0.29) is 11.9 Å². The molecule has 1 unspecified atom stereocenters. The van der Waals surface area contributed by atoms with Crippen molar-refractivity contribution in [2.75, 3.05) is 0 Å². The molecule has 0 saturated carbocycles. The molecule has 1 aromatic heterocycles. The number of nitrogens with one attached hydrogen (secondary N) is 1. The van der Waals surface area contributed by atoms with Crippen LogP contribution in [0.3, 0.4) is 0 Å². The van der Waals surface area contributed by atoms with Gasteiger partial charge in [0.05, 0.1) is 4.88 Å². The summed E-state index contributed by atoms with van der Waals surface area (Å²) in [7, 11) is 0. The quantitative estimate of drug-likeness (QED) is 0.759. The lowest BCUT2D eigenvalue weighted by Gasteiger charge is -1.96. The predicted molar refractivity (Wildman–Crippen MR) is 53.1 cm³/mol. The van der Waals surface area contributed by atoms with Crippen LogP contribution in [0.4, 0.5) is 0 Å². The Kier molecular flexibility index (Phi) is 2.14. The Balaban J connectivity index is 2.24. The van der Waals surface area contributed by atoms with Gasteiger partial charge in [0.15, 0.2) is 0 Å². The van der Waals surface area contributed by atoms with Gasteiger partial charge >= 0.3 is 0 Å². The molecule has 0 bridgehead atoms. The summed E-state index contributed by atoms with van der Waals surface area (Å²) >= 11 is 1.59. The highest BCUT2D eigenvalue weighted by atomic mass is 32.1. The molecule has 0 fully saturated rings. The van der Waals surface area contributed by atoms with Crippen molar-refractivity contribution in [3.05, 3.63) is 22.4 Å². The smallest absolute Gasteiger partial charge is 0.250 e. The molecular formula is C9H10N2OS. The highest BCUT2D eigenvalue weighted by Gasteiger charge is 2.25. The first-order valence-electron chi connectivity index (χ1n) is 4.24. The second kappa shape index (κ2) is 3.30. The number of carbonyl (C=O) groups is 1. The first-order valence-corrected chi connectivity index (χ1v) is 5.11. The molecule has 13 heavy (non-hydrogen) atoms. The van der Waals surface area contributed by atoms with Gasteiger partial charge in [0.2, 0.25) is 5.91 Å². The van der Waals surface area contributed by atoms with Gasteiger partial charge in [-0.05, 0) is 17.9 Å². The molecule has 2 rings (SSSR count). The zero-order valence-corrected chi connectivity index (χ0v) is 8.10. The molecule has 0 saturated heterocycles. The molecule has 0 spiro atoms. The van der Waals surface area contributed by atoms with Crippen molar-refractivity contribution < 1.29 is 4.79 Å². The van der Waals surface area contributed by atoms with Crippen LogP contribution in [0.25, 0.3) is 0 Å². The maximum absolute atomic E-state index is 11.3. The number of aliphatic imine (C=N–C) groups is 1. The van der Waals surface area contributed by atoms with Crippen LogP contribution in [0, 0.1) is 0 Å². The van der Waals surface area contributed by atoms with Crippen LogP contribution in [0.1, 0.15) is 18.2 Å². The number of nitrogens with zero attached hydrogens (tertiary/aromatic N) is 1. The van der Waals surface area contributed by atoms with E-state index in [4.69, 9.17) is 0 Å². The zero-order valence-electron chi connectivity index (χ0n) is 7.28. The molecule has 1 aliphatic heterocycles. The summed E-state index contributed by atoms with van der Waals surface area (Å²) in [6.45, 7) is 1.96. The van der Waals surface area contributed by atoms with Crippen molar-refractivity contribution in [3.63, 3.8) is 0 Å². The first-order chi connectivity index (χ1) is 6.31. The van der Waals surface area contributed by atoms with Gasteiger partial charge in [0.25, 0.3) is 0 Å². The lowest BCUT2D eigenvalue weighted by Crippen LogP contribution is -2.28. The molecule has 2 heterocycles. The third-order valence-corrected chi connectivity index (χ3v) is 2.85. The Hall–Kier alpha value is -1.16. The minimum atomic E-state index is -0.183. The van der Waals surface area contributed by atoms with E-state index in [2.05, 4.69) is 10.3 Å². The van der Waals surface area contributed by atoms with Gasteiger partial charge in [0, 0.05) is 0 Å². The van der Waals surface area contributed by atoms with E-state index in [0.717, 1.165) is 17.1 Å². The van der Waals surface area contributed by atoms with Gasteiger partial charge in [-0.3, -0.25) is 9.79 Å². The normalized spacial score (nSPS) is 21.5. The van der Waals surface area contributed by atoms with Crippen LogP contribution >= 0.6 is 11.3 Å². The van der Waals surface area contributed by atoms with Gasteiger partial charge < -0.3 is 5.32 Å². The fraction of sp³-hybridized carbons (Fsp3) is 0.333. The number of hydrogen-bond donors (Lipinski definition) is 1. The zero-order chi connectivity index (χ0) is 9.26. The predicted octanol–water partition coefficient (Wildman–Crippen LogP) is 1.40.